The second-order valence-electron chi connectivity index (χ2n) is 7.99. The van der Waals surface area contributed by atoms with Gasteiger partial charge in [0.1, 0.15) is 16.6 Å². The lowest BCUT2D eigenvalue weighted by atomic mass is 10.1. The lowest BCUT2D eigenvalue weighted by Gasteiger charge is -2.38. The van der Waals surface area contributed by atoms with Crippen molar-refractivity contribution in [3.8, 4) is 5.75 Å². The standard InChI is InChI=1S/C23H26FN3O3S2/c1-16-13-27(14-17(2)25-16)19-8-9-21(30-15-18-6-4-3-5-7-18)20(12-19)26-32(28,29)23-11-10-22(24)31-23/h3-12,16-17,25-26H,13-15H2,1-2H3. The molecule has 32 heavy (non-hydrogen) atoms. The molecule has 4 rings (SSSR count). The summed E-state index contributed by atoms with van der Waals surface area (Å²) in [4.78, 5) is 2.22. The Morgan fingerprint density at radius 1 is 1.09 bits per heavy atom. The number of hydrogen-bond acceptors (Lipinski definition) is 6. The quantitative estimate of drug-likeness (QED) is 0.528. The van der Waals surface area contributed by atoms with Gasteiger partial charge in [-0.3, -0.25) is 4.72 Å². The number of rotatable bonds is 7. The predicted molar refractivity (Wildman–Crippen MR) is 127 cm³/mol. The van der Waals surface area contributed by atoms with Gasteiger partial charge in [-0.25, -0.2) is 8.42 Å². The molecule has 2 atom stereocenters. The summed E-state index contributed by atoms with van der Waals surface area (Å²) in [6, 6.07) is 18.2. The fraction of sp³-hybridized carbons (Fsp3) is 0.304. The zero-order chi connectivity index (χ0) is 22.7. The molecular formula is C23H26FN3O3S2. The lowest BCUT2D eigenvalue weighted by Crippen LogP contribution is -2.54. The van der Waals surface area contributed by atoms with E-state index >= 15 is 0 Å². The number of benzene rings is 2. The number of piperazine rings is 1. The van der Waals surface area contributed by atoms with E-state index in [1.165, 1.54) is 6.07 Å². The van der Waals surface area contributed by atoms with Crippen LogP contribution in [0.4, 0.5) is 15.8 Å². The van der Waals surface area contributed by atoms with E-state index in [1.54, 1.807) is 12.1 Å². The van der Waals surface area contributed by atoms with E-state index in [0.29, 0.717) is 41.5 Å². The molecule has 0 saturated carbocycles. The maximum Gasteiger partial charge on any atom is 0.271 e. The van der Waals surface area contributed by atoms with Gasteiger partial charge in [-0.15, -0.1) is 0 Å². The molecule has 1 fully saturated rings. The monoisotopic (exact) mass is 475 g/mol. The van der Waals surface area contributed by atoms with Gasteiger partial charge in [0.25, 0.3) is 10.0 Å². The van der Waals surface area contributed by atoms with E-state index in [-0.39, 0.29) is 4.21 Å². The van der Waals surface area contributed by atoms with Crippen LogP contribution in [0.25, 0.3) is 0 Å². The molecule has 2 heterocycles. The topological polar surface area (TPSA) is 70.7 Å². The number of nitrogens with zero attached hydrogens (tertiary/aromatic N) is 1. The van der Waals surface area contributed by atoms with Gasteiger partial charge in [-0.1, -0.05) is 41.7 Å². The lowest BCUT2D eigenvalue weighted by molar-refractivity contribution is 0.308. The Balaban J connectivity index is 1.64. The molecule has 0 spiro atoms. The predicted octanol–water partition coefficient (Wildman–Crippen LogP) is 4.45. The Labute approximate surface area is 192 Å². The summed E-state index contributed by atoms with van der Waals surface area (Å²) in [6.45, 7) is 6.14. The van der Waals surface area contributed by atoms with Gasteiger partial charge in [-0.05, 0) is 49.7 Å². The number of hydrogen-bond donors (Lipinski definition) is 2. The van der Waals surface area contributed by atoms with Crippen molar-refractivity contribution in [2.75, 3.05) is 22.7 Å². The van der Waals surface area contributed by atoms with Crippen molar-refractivity contribution in [1.82, 2.24) is 5.32 Å². The minimum Gasteiger partial charge on any atom is -0.487 e. The highest BCUT2D eigenvalue weighted by Gasteiger charge is 2.24. The molecule has 2 aromatic carbocycles. The summed E-state index contributed by atoms with van der Waals surface area (Å²) in [5, 5.41) is 2.94. The summed E-state index contributed by atoms with van der Waals surface area (Å²) in [7, 11) is -3.95. The van der Waals surface area contributed by atoms with Crippen molar-refractivity contribution in [1.29, 1.82) is 0 Å². The van der Waals surface area contributed by atoms with Crippen LogP contribution in [0.2, 0.25) is 0 Å². The number of anilines is 2. The molecule has 1 aromatic heterocycles. The second kappa shape index (κ2) is 9.48. The minimum atomic E-state index is -3.95. The number of sulfonamides is 1. The molecule has 2 unspecified atom stereocenters. The Kier molecular flexibility index (Phi) is 6.68. The first-order valence-electron chi connectivity index (χ1n) is 10.4. The van der Waals surface area contributed by atoms with Crippen LogP contribution in [0, 0.1) is 5.13 Å². The third-order valence-corrected chi connectivity index (χ3v) is 7.91. The molecule has 1 aliphatic rings. The van der Waals surface area contributed by atoms with Crippen LogP contribution in [0.3, 0.4) is 0 Å². The van der Waals surface area contributed by atoms with E-state index in [0.717, 1.165) is 30.4 Å². The van der Waals surface area contributed by atoms with Crippen molar-refractivity contribution in [2.24, 2.45) is 0 Å². The van der Waals surface area contributed by atoms with Crippen LogP contribution in [-0.4, -0.2) is 33.6 Å². The van der Waals surface area contributed by atoms with Crippen LogP contribution in [0.5, 0.6) is 5.75 Å². The SMILES string of the molecule is CC1CN(c2ccc(OCc3ccccc3)c(NS(=O)(=O)c3ccc(F)s3)c2)CC(C)N1. The summed E-state index contributed by atoms with van der Waals surface area (Å²) >= 11 is 0.586. The molecule has 0 aliphatic carbocycles. The van der Waals surface area contributed by atoms with Crippen molar-refractivity contribution in [3.05, 3.63) is 71.4 Å². The molecule has 1 aliphatic heterocycles. The first-order valence-corrected chi connectivity index (χ1v) is 12.7. The van der Waals surface area contributed by atoms with Crippen LogP contribution in [-0.2, 0) is 16.6 Å². The largest absolute Gasteiger partial charge is 0.487 e. The highest BCUT2D eigenvalue weighted by molar-refractivity contribution is 7.94. The van der Waals surface area contributed by atoms with Gasteiger partial charge in [0.05, 0.1) is 5.69 Å². The van der Waals surface area contributed by atoms with Gasteiger partial charge in [0.2, 0.25) is 0 Å². The minimum absolute atomic E-state index is 0.0844. The molecule has 3 aromatic rings. The molecule has 6 nitrogen and oxygen atoms in total. The van der Waals surface area contributed by atoms with E-state index in [1.807, 2.05) is 36.4 Å². The maximum atomic E-state index is 13.5. The van der Waals surface area contributed by atoms with Gasteiger partial charge in [0.15, 0.2) is 5.13 Å². The van der Waals surface area contributed by atoms with Crippen LogP contribution < -0.4 is 19.7 Å². The number of thiophene rings is 1. The molecule has 0 radical (unpaired) electrons. The van der Waals surface area contributed by atoms with Gasteiger partial charge in [0, 0.05) is 30.9 Å². The zero-order valence-corrected chi connectivity index (χ0v) is 19.5. The number of nitrogens with one attached hydrogen (secondary N) is 2. The normalized spacial score (nSPS) is 19.0. The first kappa shape index (κ1) is 22.6. The van der Waals surface area contributed by atoms with Crippen LogP contribution in [0.1, 0.15) is 19.4 Å². The van der Waals surface area contributed by atoms with Crippen molar-refractivity contribution in [3.63, 3.8) is 0 Å². The number of ether oxygens (including phenoxy) is 1. The Morgan fingerprint density at radius 3 is 2.47 bits per heavy atom. The summed E-state index contributed by atoms with van der Waals surface area (Å²) in [6.07, 6.45) is 0. The van der Waals surface area contributed by atoms with Crippen LogP contribution >= 0.6 is 11.3 Å². The van der Waals surface area contributed by atoms with E-state index in [9.17, 15) is 12.8 Å². The molecule has 1 saturated heterocycles. The molecule has 0 bridgehead atoms. The third-order valence-electron chi connectivity index (χ3n) is 5.18. The molecular weight excluding hydrogens is 449 g/mol. The smallest absolute Gasteiger partial charge is 0.271 e. The average molecular weight is 476 g/mol. The molecule has 170 valence electrons. The first-order chi connectivity index (χ1) is 15.3. The molecule has 9 heteroatoms. The van der Waals surface area contributed by atoms with Crippen LogP contribution in [0.15, 0.2) is 64.9 Å². The van der Waals surface area contributed by atoms with Gasteiger partial charge in [-0.2, -0.15) is 4.39 Å². The van der Waals surface area contributed by atoms with Crippen molar-refractivity contribution >= 4 is 32.7 Å². The Morgan fingerprint density at radius 2 is 1.81 bits per heavy atom. The maximum absolute atomic E-state index is 13.5. The van der Waals surface area contributed by atoms with Gasteiger partial charge < -0.3 is 15.0 Å². The summed E-state index contributed by atoms with van der Waals surface area (Å²) in [5.41, 5.74) is 2.19. The van der Waals surface area contributed by atoms with Gasteiger partial charge >= 0.3 is 0 Å². The van der Waals surface area contributed by atoms with E-state index in [2.05, 4.69) is 28.8 Å². The average Bonchev–Trinajstić information content (AvgIpc) is 3.20. The third kappa shape index (κ3) is 5.40. The number of halogens is 1. The molecule has 2 N–H and O–H groups in total. The summed E-state index contributed by atoms with van der Waals surface area (Å²) in [5.74, 6) is 0.412. The fourth-order valence-corrected chi connectivity index (χ4v) is 5.89. The van der Waals surface area contributed by atoms with Crippen molar-refractivity contribution in [2.45, 2.75) is 36.7 Å². The van der Waals surface area contributed by atoms with E-state index < -0.39 is 15.2 Å². The Hall–Kier alpha value is -2.62. The van der Waals surface area contributed by atoms with E-state index in [4.69, 9.17) is 4.74 Å². The second-order valence-corrected chi connectivity index (χ2v) is 10.9. The zero-order valence-electron chi connectivity index (χ0n) is 17.9. The summed E-state index contributed by atoms with van der Waals surface area (Å²) < 4.78 is 47.7. The molecule has 0 amide bonds. The Bertz CT molecular complexity index is 1160. The highest BCUT2D eigenvalue weighted by Crippen LogP contribution is 2.34. The van der Waals surface area contributed by atoms with Crippen molar-refractivity contribution < 1.29 is 17.5 Å². The fourth-order valence-electron chi connectivity index (χ4n) is 3.83. The highest BCUT2D eigenvalue weighted by atomic mass is 32.2.